The van der Waals surface area contributed by atoms with Crippen LogP contribution in [-0.4, -0.2) is 42.5 Å². The molecule has 182 valence electrons. The number of halogens is 1. The number of rotatable bonds is 8. The van der Waals surface area contributed by atoms with Crippen LogP contribution >= 0.6 is 15.9 Å². The molecule has 5 rings (SSSR count). The molecule has 1 atom stereocenters. The maximum Gasteiger partial charge on any atom is 0.152 e. The van der Waals surface area contributed by atoms with Crippen LogP contribution in [0.1, 0.15) is 30.4 Å². The molecule has 0 aromatic heterocycles. The summed E-state index contributed by atoms with van der Waals surface area (Å²) in [4.78, 5) is 3.81. The number of piperidine rings is 1. The Hall–Kier alpha value is -2.61. The van der Waals surface area contributed by atoms with Crippen LogP contribution in [0.15, 0.2) is 76.1 Å². The molecule has 1 unspecified atom stereocenters. The zero-order valence-corrected chi connectivity index (χ0v) is 22.1. The van der Waals surface area contributed by atoms with E-state index >= 15 is 0 Å². The van der Waals surface area contributed by atoms with Crippen LogP contribution in [0, 0.1) is 0 Å². The van der Waals surface area contributed by atoms with Crippen molar-refractivity contribution in [3.8, 4) is 17.2 Å². The first kappa shape index (κ1) is 24.1. The molecule has 0 bridgehead atoms. The fourth-order valence-corrected chi connectivity index (χ4v) is 6.16. The van der Waals surface area contributed by atoms with Crippen LogP contribution in [0.3, 0.4) is 0 Å². The third-order valence-corrected chi connectivity index (χ3v) is 8.36. The summed E-state index contributed by atoms with van der Waals surface area (Å²) in [6.45, 7) is 3.96. The number of nitrogens with zero attached hydrogens (tertiary/aromatic N) is 1. The second-order valence-corrected chi connectivity index (χ2v) is 10.9. The number of hydrogen-bond acceptors (Lipinski definition) is 5. The maximum atomic E-state index is 13.5. The van der Waals surface area contributed by atoms with Crippen LogP contribution in [-0.2, 0) is 10.8 Å². The fourth-order valence-electron chi connectivity index (χ4n) is 4.43. The second kappa shape index (κ2) is 11.0. The molecule has 0 aliphatic carbocycles. The van der Waals surface area contributed by atoms with Crippen molar-refractivity contribution in [3.05, 3.63) is 82.3 Å². The first-order valence-electron chi connectivity index (χ1n) is 11.9. The smallest absolute Gasteiger partial charge is 0.152 e. The van der Waals surface area contributed by atoms with Crippen molar-refractivity contribution in [2.45, 2.75) is 24.2 Å². The van der Waals surface area contributed by atoms with Gasteiger partial charge in [-0.3, -0.25) is 4.90 Å². The Bertz CT molecular complexity index is 1230. The minimum absolute atomic E-state index is 0.599. The van der Waals surface area contributed by atoms with Gasteiger partial charge in [0.25, 0.3) is 0 Å². The molecule has 0 radical (unpaired) electrons. The first-order valence-corrected chi connectivity index (χ1v) is 13.8. The monoisotopic (exact) mass is 553 g/mol. The number of methoxy groups -OCH3 is 1. The van der Waals surface area contributed by atoms with Crippen LogP contribution in [0.5, 0.6) is 17.2 Å². The second-order valence-electron chi connectivity index (χ2n) is 8.62. The van der Waals surface area contributed by atoms with Crippen molar-refractivity contribution in [1.82, 2.24) is 4.90 Å². The summed E-state index contributed by atoms with van der Waals surface area (Å²) in [6.07, 6.45) is 3.90. The van der Waals surface area contributed by atoms with E-state index in [1.165, 1.54) is 32.4 Å². The average Bonchev–Trinajstić information content (AvgIpc) is 3.16. The lowest BCUT2D eigenvalue weighted by Gasteiger charge is -2.26. The zero-order chi connectivity index (χ0) is 24.2. The van der Waals surface area contributed by atoms with Crippen molar-refractivity contribution < 1.29 is 18.4 Å². The molecule has 5 nitrogen and oxygen atoms in total. The van der Waals surface area contributed by atoms with Crippen LogP contribution in [0.25, 0.3) is 10.7 Å². The van der Waals surface area contributed by atoms with Gasteiger partial charge >= 0.3 is 0 Å². The molecule has 0 N–H and O–H groups in total. The van der Waals surface area contributed by atoms with E-state index in [0.717, 1.165) is 27.9 Å². The van der Waals surface area contributed by atoms with Gasteiger partial charge in [-0.1, -0.05) is 34.5 Å². The molecule has 1 fully saturated rings. The summed E-state index contributed by atoms with van der Waals surface area (Å²) in [6, 6.07) is 21.0. The number of ether oxygens (including phenoxy) is 3. The van der Waals surface area contributed by atoms with Crippen molar-refractivity contribution in [2.24, 2.45) is 0 Å². The minimum Gasteiger partial charge on any atom is -0.497 e. The predicted molar refractivity (Wildman–Crippen MR) is 143 cm³/mol. The van der Waals surface area contributed by atoms with Crippen molar-refractivity contribution in [1.29, 1.82) is 0 Å². The Morgan fingerprint density at radius 2 is 1.57 bits per heavy atom. The molecular formula is C28H28BrNO4S. The van der Waals surface area contributed by atoms with Gasteiger partial charge in [0.1, 0.15) is 23.9 Å². The van der Waals surface area contributed by atoms with E-state index in [-0.39, 0.29) is 0 Å². The third-order valence-electron chi connectivity index (χ3n) is 6.30. The minimum atomic E-state index is -1.39. The van der Waals surface area contributed by atoms with Crippen molar-refractivity contribution >= 4 is 37.4 Å². The summed E-state index contributed by atoms with van der Waals surface area (Å²) in [5.41, 5.74) is 1.67. The highest BCUT2D eigenvalue weighted by atomic mass is 79.9. The molecule has 1 saturated heterocycles. The molecule has 35 heavy (non-hydrogen) atoms. The molecule has 7 heteroatoms. The molecule has 3 aromatic rings. The Labute approximate surface area is 217 Å². The van der Waals surface area contributed by atoms with E-state index in [1.54, 1.807) is 7.11 Å². The third kappa shape index (κ3) is 5.47. The predicted octanol–water partition coefficient (Wildman–Crippen LogP) is 6.35. The zero-order valence-electron chi connectivity index (χ0n) is 19.7. The highest BCUT2D eigenvalue weighted by Crippen LogP contribution is 2.44. The van der Waals surface area contributed by atoms with Crippen LogP contribution in [0.2, 0.25) is 0 Å². The normalized spacial score (nSPS) is 17.8. The van der Waals surface area contributed by atoms with Gasteiger partial charge in [-0.05, 0) is 86.1 Å². The van der Waals surface area contributed by atoms with Gasteiger partial charge in [0.05, 0.1) is 27.7 Å². The molecule has 0 saturated carbocycles. The van der Waals surface area contributed by atoms with Gasteiger partial charge in [0.15, 0.2) is 5.76 Å². The van der Waals surface area contributed by atoms with E-state index in [2.05, 4.69) is 20.8 Å². The maximum absolute atomic E-state index is 13.5. The largest absolute Gasteiger partial charge is 0.497 e. The number of hydrogen-bond donors (Lipinski definition) is 0. The summed E-state index contributed by atoms with van der Waals surface area (Å²) >= 11 is 3.48. The lowest BCUT2D eigenvalue weighted by Crippen LogP contribution is -2.33. The van der Waals surface area contributed by atoms with E-state index in [1.807, 2.05) is 66.7 Å². The summed E-state index contributed by atoms with van der Waals surface area (Å²) in [5.74, 6) is 2.75. The molecular weight excluding hydrogens is 526 g/mol. The van der Waals surface area contributed by atoms with Crippen LogP contribution in [0.4, 0.5) is 0 Å². The van der Waals surface area contributed by atoms with Gasteiger partial charge in [-0.2, -0.15) is 0 Å². The summed E-state index contributed by atoms with van der Waals surface area (Å²) < 4.78 is 32.2. The Balaban J connectivity index is 1.36. The van der Waals surface area contributed by atoms with Gasteiger partial charge in [0, 0.05) is 16.6 Å². The number of benzene rings is 3. The van der Waals surface area contributed by atoms with Crippen molar-refractivity contribution in [3.63, 3.8) is 0 Å². The molecule has 3 aromatic carbocycles. The van der Waals surface area contributed by atoms with Gasteiger partial charge in [0.2, 0.25) is 0 Å². The fraction of sp³-hybridized carbons (Fsp3) is 0.286. The lowest BCUT2D eigenvalue weighted by molar-refractivity contribution is 0.183. The Kier molecular flexibility index (Phi) is 7.56. The quantitative estimate of drug-likeness (QED) is 0.325. The van der Waals surface area contributed by atoms with Gasteiger partial charge < -0.3 is 14.2 Å². The van der Waals surface area contributed by atoms with E-state index in [9.17, 15) is 4.21 Å². The SMILES string of the molecule is COc1ccc2c(c1)S(=O)C(c1ccc(Br)cc1)=C2Oc1ccc(OCCN2CCCCC2)cc1. The average molecular weight is 555 g/mol. The molecule has 2 aliphatic rings. The summed E-state index contributed by atoms with van der Waals surface area (Å²) in [5, 5.41) is 0. The van der Waals surface area contributed by atoms with E-state index in [0.29, 0.717) is 33.7 Å². The number of likely N-dealkylation sites (tertiary alicyclic amines) is 1. The van der Waals surface area contributed by atoms with Crippen molar-refractivity contribution in [2.75, 3.05) is 33.4 Å². The van der Waals surface area contributed by atoms with Gasteiger partial charge in [-0.25, -0.2) is 4.21 Å². The highest BCUT2D eigenvalue weighted by Gasteiger charge is 2.32. The topological polar surface area (TPSA) is 48.0 Å². The standard InChI is InChI=1S/C28H28BrNO4S/c1-32-24-13-14-25-26(19-24)35(31)28(20-5-7-21(29)8-6-20)27(25)34-23-11-9-22(10-12-23)33-18-17-30-15-3-2-4-16-30/h5-14,19H,2-4,15-18H2,1H3. The van der Waals surface area contributed by atoms with Crippen LogP contribution < -0.4 is 14.2 Å². The lowest BCUT2D eigenvalue weighted by atomic mass is 10.1. The van der Waals surface area contributed by atoms with E-state index in [4.69, 9.17) is 14.2 Å². The molecule has 2 aliphatic heterocycles. The Morgan fingerprint density at radius 1 is 0.886 bits per heavy atom. The Morgan fingerprint density at radius 3 is 2.29 bits per heavy atom. The number of fused-ring (bicyclic) bond motifs is 1. The highest BCUT2D eigenvalue weighted by molar-refractivity contribution is 9.10. The molecule has 0 spiro atoms. The van der Waals surface area contributed by atoms with Gasteiger partial charge in [-0.15, -0.1) is 0 Å². The molecule has 2 heterocycles. The van der Waals surface area contributed by atoms with E-state index < -0.39 is 10.8 Å². The summed E-state index contributed by atoms with van der Waals surface area (Å²) in [7, 11) is 0.217. The first-order chi connectivity index (χ1) is 17.1. The molecule has 0 amide bonds.